The van der Waals surface area contributed by atoms with Crippen LogP contribution in [0.1, 0.15) is 23.2 Å². The van der Waals surface area contributed by atoms with Gasteiger partial charge in [0, 0.05) is 42.2 Å². The van der Waals surface area contributed by atoms with Gasteiger partial charge in [0.25, 0.3) is 5.91 Å². The summed E-state index contributed by atoms with van der Waals surface area (Å²) in [5.41, 5.74) is 1.45. The van der Waals surface area contributed by atoms with E-state index in [9.17, 15) is 4.79 Å². The van der Waals surface area contributed by atoms with Gasteiger partial charge in [-0.05, 0) is 41.5 Å². The first kappa shape index (κ1) is 16.9. The zero-order valence-corrected chi connectivity index (χ0v) is 15.8. The van der Waals surface area contributed by atoms with Crippen LogP contribution in [0.5, 0.6) is 0 Å². The molecule has 1 aliphatic rings. The minimum Gasteiger partial charge on any atom is -0.349 e. The molecule has 1 aliphatic heterocycles. The van der Waals surface area contributed by atoms with Crippen molar-refractivity contribution < 1.29 is 4.79 Å². The quantitative estimate of drug-likeness (QED) is 0.702. The van der Waals surface area contributed by atoms with Crippen molar-refractivity contribution in [3.8, 4) is 0 Å². The molecule has 1 saturated heterocycles. The maximum atomic E-state index is 12.6. The average Bonchev–Trinajstić information content (AvgIpc) is 3.08. The van der Waals surface area contributed by atoms with E-state index in [2.05, 4.69) is 46.7 Å². The van der Waals surface area contributed by atoms with E-state index in [0.29, 0.717) is 5.56 Å². The number of fused-ring (bicyclic) bond motifs is 1. The molecule has 1 fully saturated rings. The Kier molecular flexibility index (Phi) is 4.54. The monoisotopic (exact) mass is 415 g/mol. The lowest BCUT2D eigenvalue weighted by molar-refractivity contribution is 0.0931. The third kappa shape index (κ3) is 3.39. The van der Waals surface area contributed by atoms with Gasteiger partial charge in [0.2, 0.25) is 5.95 Å². The van der Waals surface area contributed by atoms with Gasteiger partial charge in [-0.15, -0.1) is 0 Å². The van der Waals surface area contributed by atoms with Crippen LogP contribution in [0.3, 0.4) is 0 Å². The van der Waals surface area contributed by atoms with Gasteiger partial charge >= 0.3 is 0 Å². The van der Waals surface area contributed by atoms with Gasteiger partial charge < -0.3 is 10.2 Å². The predicted octanol–water partition coefficient (Wildman–Crippen LogP) is 1.92. The Balaban J connectivity index is 1.40. The van der Waals surface area contributed by atoms with Gasteiger partial charge in [0.1, 0.15) is 0 Å². The molecule has 2 aromatic heterocycles. The molecular weight excluding hydrogens is 398 g/mol. The maximum absolute atomic E-state index is 12.6. The topological polar surface area (TPSA) is 88.8 Å². The molecule has 0 aliphatic carbocycles. The SMILES string of the molecule is Cn1nnnc1N1CCC(NC(=O)c2cnc3cc(Br)ccc3c2)CC1. The number of pyridine rings is 1. The normalized spacial score (nSPS) is 15.4. The van der Waals surface area contributed by atoms with Gasteiger partial charge in [-0.25, -0.2) is 4.68 Å². The fourth-order valence-corrected chi connectivity index (χ4v) is 3.55. The summed E-state index contributed by atoms with van der Waals surface area (Å²) in [6, 6.07) is 7.86. The van der Waals surface area contributed by atoms with Crippen LogP contribution < -0.4 is 10.2 Å². The second-order valence-electron chi connectivity index (χ2n) is 6.40. The number of amides is 1. The highest BCUT2D eigenvalue weighted by atomic mass is 79.9. The number of piperidine rings is 1. The molecule has 8 nitrogen and oxygen atoms in total. The average molecular weight is 416 g/mol. The van der Waals surface area contributed by atoms with Crippen LogP contribution >= 0.6 is 15.9 Å². The van der Waals surface area contributed by atoms with E-state index < -0.39 is 0 Å². The lowest BCUT2D eigenvalue weighted by Crippen LogP contribution is -2.45. The van der Waals surface area contributed by atoms with Gasteiger partial charge in [0.15, 0.2) is 0 Å². The van der Waals surface area contributed by atoms with E-state index in [1.54, 1.807) is 10.9 Å². The number of carbonyl (C=O) groups is 1. The highest BCUT2D eigenvalue weighted by Gasteiger charge is 2.24. The zero-order chi connectivity index (χ0) is 18.1. The van der Waals surface area contributed by atoms with Gasteiger partial charge in [0.05, 0.1) is 11.1 Å². The highest BCUT2D eigenvalue weighted by molar-refractivity contribution is 9.10. The lowest BCUT2D eigenvalue weighted by atomic mass is 10.0. The van der Waals surface area contributed by atoms with E-state index in [4.69, 9.17) is 0 Å². The van der Waals surface area contributed by atoms with Crippen molar-refractivity contribution in [3.05, 3.63) is 40.5 Å². The Hall–Kier alpha value is -2.55. The first-order valence-electron chi connectivity index (χ1n) is 8.43. The number of hydrogen-bond acceptors (Lipinski definition) is 6. The molecule has 9 heteroatoms. The number of tetrazole rings is 1. The zero-order valence-electron chi connectivity index (χ0n) is 14.3. The minimum absolute atomic E-state index is 0.0823. The van der Waals surface area contributed by atoms with Gasteiger partial charge in [-0.1, -0.05) is 27.1 Å². The summed E-state index contributed by atoms with van der Waals surface area (Å²) in [5.74, 6) is 0.681. The summed E-state index contributed by atoms with van der Waals surface area (Å²) in [6.07, 6.45) is 3.34. The molecule has 0 unspecified atom stereocenters. The van der Waals surface area contributed by atoms with Crippen LogP contribution in [-0.4, -0.2) is 50.2 Å². The fourth-order valence-electron chi connectivity index (χ4n) is 3.20. The van der Waals surface area contributed by atoms with Crippen molar-refractivity contribution in [3.63, 3.8) is 0 Å². The molecule has 1 amide bonds. The lowest BCUT2D eigenvalue weighted by Gasteiger charge is -2.32. The van der Waals surface area contributed by atoms with Crippen molar-refractivity contribution in [2.45, 2.75) is 18.9 Å². The molecule has 26 heavy (non-hydrogen) atoms. The summed E-state index contributed by atoms with van der Waals surface area (Å²) in [6.45, 7) is 1.62. The van der Waals surface area contributed by atoms with E-state index in [0.717, 1.165) is 47.3 Å². The molecule has 4 rings (SSSR count). The van der Waals surface area contributed by atoms with Crippen molar-refractivity contribution in [2.75, 3.05) is 18.0 Å². The Morgan fingerprint density at radius 3 is 2.81 bits per heavy atom. The molecule has 0 spiro atoms. The Bertz CT molecular complexity index is 949. The molecule has 1 N–H and O–H groups in total. The van der Waals surface area contributed by atoms with Crippen LogP contribution in [-0.2, 0) is 7.05 Å². The number of nitrogens with one attached hydrogen (secondary N) is 1. The molecule has 0 bridgehead atoms. The van der Waals surface area contributed by atoms with Gasteiger partial charge in [-0.3, -0.25) is 9.78 Å². The van der Waals surface area contributed by atoms with Crippen LogP contribution in [0.4, 0.5) is 5.95 Å². The molecule has 0 radical (unpaired) electrons. The third-order valence-electron chi connectivity index (χ3n) is 4.62. The van der Waals surface area contributed by atoms with Crippen molar-refractivity contribution in [2.24, 2.45) is 7.05 Å². The second-order valence-corrected chi connectivity index (χ2v) is 7.31. The number of anilines is 1. The van der Waals surface area contributed by atoms with Crippen LogP contribution in [0.15, 0.2) is 34.9 Å². The molecule has 134 valence electrons. The highest BCUT2D eigenvalue weighted by Crippen LogP contribution is 2.20. The maximum Gasteiger partial charge on any atom is 0.253 e. The summed E-state index contributed by atoms with van der Waals surface area (Å²) < 4.78 is 2.64. The smallest absolute Gasteiger partial charge is 0.253 e. The van der Waals surface area contributed by atoms with E-state index in [-0.39, 0.29) is 11.9 Å². The molecule has 3 aromatic rings. The Morgan fingerprint density at radius 2 is 2.08 bits per heavy atom. The Labute approximate surface area is 158 Å². The fraction of sp³-hybridized carbons (Fsp3) is 0.353. The van der Waals surface area contributed by atoms with E-state index in [1.807, 2.05) is 31.3 Å². The van der Waals surface area contributed by atoms with Crippen LogP contribution in [0, 0.1) is 0 Å². The molecule has 0 atom stereocenters. The van der Waals surface area contributed by atoms with Crippen LogP contribution in [0.2, 0.25) is 0 Å². The minimum atomic E-state index is -0.0823. The van der Waals surface area contributed by atoms with Crippen molar-refractivity contribution in [1.29, 1.82) is 0 Å². The van der Waals surface area contributed by atoms with Gasteiger partial charge in [-0.2, -0.15) is 0 Å². The number of halogens is 1. The number of nitrogens with zero attached hydrogens (tertiary/aromatic N) is 6. The predicted molar refractivity (Wildman–Crippen MR) is 101 cm³/mol. The first-order chi connectivity index (χ1) is 12.6. The summed E-state index contributed by atoms with van der Waals surface area (Å²) in [4.78, 5) is 19.1. The second kappa shape index (κ2) is 6.99. The molecule has 1 aromatic carbocycles. The standard InChI is InChI=1S/C17H18BrN7O/c1-24-17(21-22-23-24)25-6-4-14(5-7-25)20-16(26)12-8-11-2-3-13(18)9-15(11)19-10-12/h2-3,8-10,14H,4-7H2,1H3,(H,20,26). The number of benzene rings is 1. The van der Waals surface area contributed by atoms with Crippen molar-refractivity contribution in [1.82, 2.24) is 30.5 Å². The number of aromatic nitrogens is 5. The van der Waals surface area contributed by atoms with Crippen molar-refractivity contribution >= 4 is 38.7 Å². The summed E-state index contributed by atoms with van der Waals surface area (Å²) >= 11 is 3.43. The van der Waals surface area contributed by atoms with E-state index >= 15 is 0 Å². The third-order valence-corrected chi connectivity index (χ3v) is 5.11. The number of aryl methyl sites for hydroxylation is 1. The summed E-state index contributed by atoms with van der Waals surface area (Å²) in [5, 5.41) is 15.6. The van der Waals surface area contributed by atoms with E-state index in [1.165, 1.54) is 0 Å². The number of carbonyl (C=O) groups excluding carboxylic acids is 1. The number of rotatable bonds is 3. The largest absolute Gasteiger partial charge is 0.349 e. The summed E-state index contributed by atoms with van der Waals surface area (Å²) in [7, 11) is 1.83. The number of hydrogen-bond donors (Lipinski definition) is 1. The van der Waals surface area contributed by atoms with Crippen LogP contribution in [0.25, 0.3) is 10.9 Å². The molecule has 0 saturated carbocycles. The molecular formula is C17H18BrN7O. The molecule has 3 heterocycles. The first-order valence-corrected chi connectivity index (χ1v) is 9.23. The Morgan fingerprint density at radius 1 is 1.27 bits per heavy atom.